The first-order chi connectivity index (χ1) is 17.9. The number of anilines is 1. The molecule has 1 aliphatic rings. The predicted octanol–water partition coefficient (Wildman–Crippen LogP) is 5.93. The van der Waals surface area contributed by atoms with E-state index < -0.39 is 11.6 Å². The van der Waals surface area contributed by atoms with Gasteiger partial charge in [0.05, 0.1) is 24.5 Å². The van der Waals surface area contributed by atoms with Gasteiger partial charge in [0.1, 0.15) is 24.3 Å². The summed E-state index contributed by atoms with van der Waals surface area (Å²) in [5, 5.41) is 3.72. The van der Waals surface area contributed by atoms with Gasteiger partial charge in [-0.1, -0.05) is 29.3 Å². The molecule has 0 spiro atoms. The Morgan fingerprint density at radius 1 is 1.14 bits per heavy atom. The zero-order chi connectivity index (χ0) is 25.8. The van der Waals surface area contributed by atoms with Crippen LogP contribution in [0.25, 0.3) is 0 Å². The van der Waals surface area contributed by atoms with Crippen molar-refractivity contribution in [2.75, 3.05) is 18.5 Å². The number of imidazole rings is 1. The molecule has 2 heterocycles. The highest BCUT2D eigenvalue weighted by Crippen LogP contribution is 2.40. The highest BCUT2D eigenvalue weighted by atomic mass is 35.5. The Morgan fingerprint density at radius 3 is 2.62 bits per heavy atom. The number of carbonyl (C=O) groups is 1. The zero-order valence-corrected chi connectivity index (χ0v) is 21.0. The first-order valence-electron chi connectivity index (χ1n) is 11.4. The molecule has 4 aromatic rings. The molecule has 0 bridgehead atoms. The quantitative estimate of drug-likeness (QED) is 0.299. The van der Waals surface area contributed by atoms with Crippen LogP contribution < -0.4 is 10.1 Å². The van der Waals surface area contributed by atoms with Crippen LogP contribution in [0.1, 0.15) is 15.9 Å². The molecule has 1 aromatic heterocycles. The Balaban J connectivity index is 1.22. The van der Waals surface area contributed by atoms with E-state index in [0.717, 1.165) is 0 Å². The van der Waals surface area contributed by atoms with Gasteiger partial charge < -0.3 is 24.1 Å². The molecule has 0 radical (unpaired) electrons. The maximum absolute atomic E-state index is 13.1. The lowest BCUT2D eigenvalue weighted by molar-refractivity contribution is -0.189. The summed E-state index contributed by atoms with van der Waals surface area (Å²) in [6.45, 7) is 0.866. The fourth-order valence-electron chi connectivity index (χ4n) is 4.00. The summed E-state index contributed by atoms with van der Waals surface area (Å²) in [7, 11) is 0. The molecule has 1 amide bonds. The van der Waals surface area contributed by atoms with Crippen LogP contribution in [-0.2, 0) is 21.8 Å². The third-order valence-corrected chi connectivity index (χ3v) is 6.35. The van der Waals surface area contributed by atoms with E-state index in [9.17, 15) is 9.18 Å². The van der Waals surface area contributed by atoms with Gasteiger partial charge in [0.15, 0.2) is 0 Å². The van der Waals surface area contributed by atoms with E-state index in [0.29, 0.717) is 45.8 Å². The van der Waals surface area contributed by atoms with Crippen LogP contribution in [0.2, 0.25) is 10.0 Å². The minimum atomic E-state index is -1.13. The fraction of sp³-hybridized carbons (Fsp3) is 0.185. The second-order valence-corrected chi connectivity index (χ2v) is 9.30. The van der Waals surface area contributed by atoms with Crippen molar-refractivity contribution in [3.05, 3.63) is 112 Å². The number of aromatic nitrogens is 2. The van der Waals surface area contributed by atoms with Crippen molar-refractivity contribution in [3.63, 3.8) is 0 Å². The average Bonchev–Trinajstić information content (AvgIpc) is 3.54. The summed E-state index contributed by atoms with van der Waals surface area (Å²) in [5.74, 6) is -1.27. The molecule has 10 heteroatoms. The Hall–Kier alpha value is -3.43. The summed E-state index contributed by atoms with van der Waals surface area (Å²) in [5.41, 5.74) is 1.61. The van der Waals surface area contributed by atoms with E-state index in [4.69, 9.17) is 37.4 Å². The predicted molar refractivity (Wildman–Crippen MR) is 137 cm³/mol. The number of rotatable bonds is 8. The molecule has 3 aromatic carbocycles. The van der Waals surface area contributed by atoms with Crippen molar-refractivity contribution < 1.29 is 23.4 Å². The molecular formula is C27H22Cl2FN3O4. The van der Waals surface area contributed by atoms with E-state index >= 15 is 0 Å². The number of halogens is 3. The van der Waals surface area contributed by atoms with Crippen LogP contribution in [0.3, 0.4) is 0 Å². The number of benzene rings is 3. The van der Waals surface area contributed by atoms with Crippen molar-refractivity contribution in [2.45, 2.75) is 18.4 Å². The minimum Gasteiger partial charge on any atom is -0.491 e. The zero-order valence-electron chi connectivity index (χ0n) is 19.4. The Morgan fingerprint density at radius 2 is 1.92 bits per heavy atom. The molecule has 1 N–H and O–H groups in total. The summed E-state index contributed by atoms with van der Waals surface area (Å²) in [6.07, 6.45) is 4.81. The monoisotopic (exact) mass is 541 g/mol. The molecule has 2 atom stereocenters. The van der Waals surface area contributed by atoms with E-state index in [-0.39, 0.29) is 18.6 Å². The number of ether oxygens (including phenoxy) is 3. The molecule has 7 nitrogen and oxygen atoms in total. The van der Waals surface area contributed by atoms with E-state index in [1.807, 2.05) is 10.8 Å². The van der Waals surface area contributed by atoms with Crippen molar-refractivity contribution >= 4 is 34.8 Å². The molecule has 0 unspecified atom stereocenters. The van der Waals surface area contributed by atoms with Crippen LogP contribution in [0, 0.1) is 5.82 Å². The lowest BCUT2D eigenvalue weighted by Gasteiger charge is -2.30. The normalized spacial score (nSPS) is 19.1. The third kappa shape index (κ3) is 5.94. The van der Waals surface area contributed by atoms with Gasteiger partial charge in [0.2, 0.25) is 5.79 Å². The lowest BCUT2D eigenvalue weighted by Crippen LogP contribution is -2.34. The molecule has 0 aliphatic carbocycles. The van der Waals surface area contributed by atoms with E-state index in [2.05, 4.69) is 10.3 Å². The Labute approximate surface area is 222 Å². The van der Waals surface area contributed by atoms with Crippen molar-refractivity contribution in [1.29, 1.82) is 0 Å². The van der Waals surface area contributed by atoms with Gasteiger partial charge in [-0.05, 0) is 60.7 Å². The fourth-order valence-corrected chi connectivity index (χ4v) is 4.56. The molecule has 190 valence electrons. The van der Waals surface area contributed by atoms with Gasteiger partial charge in [-0.3, -0.25) is 4.79 Å². The average molecular weight is 542 g/mol. The number of hydrogen-bond donors (Lipinski definition) is 1. The summed E-state index contributed by atoms with van der Waals surface area (Å²) >= 11 is 12.6. The second-order valence-electron chi connectivity index (χ2n) is 8.46. The summed E-state index contributed by atoms with van der Waals surface area (Å²) in [6, 6.07) is 17.5. The molecule has 1 saturated heterocycles. The maximum Gasteiger partial charge on any atom is 0.255 e. The molecule has 37 heavy (non-hydrogen) atoms. The van der Waals surface area contributed by atoms with Crippen LogP contribution in [-0.4, -0.2) is 34.8 Å². The SMILES string of the molecule is O=C(Nc1ccc(OC[C@@H]2CO[C@@](Cn3ccnc3)(c3ccc(Cl)cc3Cl)O2)cc1)c1ccc(F)cc1. The summed E-state index contributed by atoms with van der Waals surface area (Å²) in [4.78, 5) is 16.4. The minimum absolute atomic E-state index is 0.234. The Bertz CT molecular complexity index is 1370. The smallest absolute Gasteiger partial charge is 0.255 e. The van der Waals surface area contributed by atoms with Crippen molar-refractivity contribution in [2.24, 2.45) is 0 Å². The van der Waals surface area contributed by atoms with E-state index in [1.54, 1.807) is 55.0 Å². The van der Waals surface area contributed by atoms with Crippen molar-refractivity contribution in [1.82, 2.24) is 9.55 Å². The Kier molecular flexibility index (Phi) is 7.43. The van der Waals surface area contributed by atoms with Crippen LogP contribution in [0.15, 0.2) is 85.5 Å². The van der Waals surface area contributed by atoms with Gasteiger partial charge in [-0.2, -0.15) is 0 Å². The van der Waals surface area contributed by atoms with Crippen molar-refractivity contribution in [3.8, 4) is 5.75 Å². The largest absolute Gasteiger partial charge is 0.491 e. The molecule has 0 saturated carbocycles. The number of hydrogen-bond acceptors (Lipinski definition) is 5. The van der Waals surface area contributed by atoms with Gasteiger partial charge in [-0.25, -0.2) is 9.37 Å². The van der Waals surface area contributed by atoms with Crippen LogP contribution >= 0.6 is 23.2 Å². The van der Waals surface area contributed by atoms with Crippen LogP contribution in [0.4, 0.5) is 10.1 Å². The van der Waals surface area contributed by atoms with Crippen LogP contribution in [0.5, 0.6) is 5.75 Å². The highest BCUT2D eigenvalue weighted by Gasteiger charge is 2.45. The first kappa shape index (κ1) is 25.2. The number of amides is 1. The number of nitrogens with one attached hydrogen (secondary N) is 1. The number of nitrogens with zero attached hydrogens (tertiary/aromatic N) is 2. The lowest BCUT2D eigenvalue weighted by atomic mass is 10.1. The molecule has 1 aliphatic heterocycles. The second kappa shape index (κ2) is 10.9. The standard InChI is InChI=1S/C27H22Cl2FN3O4/c28-19-3-10-24(25(29)13-19)27(16-33-12-11-31-17-33)36-15-23(37-27)14-35-22-8-6-21(7-9-22)32-26(34)18-1-4-20(30)5-2-18/h1-13,17,23H,14-16H2,(H,32,34)/t23-,27-/m1/s1. The van der Waals surface area contributed by atoms with Gasteiger partial charge in [0.25, 0.3) is 5.91 Å². The van der Waals surface area contributed by atoms with Gasteiger partial charge in [0, 0.05) is 34.2 Å². The van der Waals surface area contributed by atoms with Gasteiger partial charge in [-0.15, -0.1) is 0 Å². The van der Waals surface area contributed by atoms with Gasteiger partial charge >= 0.3 is 0 Å². The first-order valence-corrected chi connectivity index (χ1v) is 12.2. The molecule has 5 rings (SSSR count). The topological polar surface area (TPSA) is 74.6 Å². The van der Waals surface area contributed by atoms with E-state index in [1.165, 1.54) is 24.3 Å². The molecule has 1 fully saturated rings. The molecular weight excluding hydrogens is 520 g/mol. The maximum atomic E-state index is 13.1. The highest BCUT2D eigenvalue weighted by molar-refractivity contribution is 6.35. The number of carbonyl (C=O) groups excluding carboxylic acids is 1. The third-order valence-electron chi connectivity index (χ3n) is 5.81. The summed E-state index contributed by atoms with van der Waals surface area (Å²) < 4.78 is 33.4.